The summed E-state index contributed by atoms with van der Waals surface area (Å²) in [5.41, 5.74) is 3.05. The largest absolute Gasteiger partial charge is 0.497 e. The fraction of sp³-hybridized carbons (Fsp3) is 0.700. The SMILES string of the molecule is COc1ccc2c(c1)[C@@]1(CCO)CCN(CC3CC3)[C@@H](C2)[C@H]1C. The van der Waals surface area contributed by atoms with Gasteiger partial charge in [-0.3, -0.25) is 4.90 Å². The molecule has 0 radical (unpaired) electrons. The molecule has 1 saturated carbocycles. The Labute approximate surface area is 139 Å². The van der Waals surface area contributed by atoms with Crippen molar-refractivity contribution in [1.82, 2.24) is 4.90 Å². The van der Waals surface area contributed by atoms with Gasteiger partial charge in [0.05, 0.1) is 7.11 Å². The number of hydrogen-bond donors (Lipinski definition) is 1. The summed E-state index contributed by atoms with van der Waals surface area (Å²) in [6.45, 7) is 5.16. The molecule has 2 aliphatic carbocycles. The zero-order valence-corrected chi connectivity index (χ0v) is 14.4. The minimum atomic E-state index is 0.127. The molecule has 2 bridgehead atoms. The zero-order chi connectivity index (χ0) is 16.0. The Morgan fingerprint density at radius 3 is 2.87 bits per heavy atom. The van der Waals surface area contributed by atoms with Crippen LogP contribution in [0, 0.1) is 11.8 Å². The predicted octanol–water partition coefficient (Wildman–Crippen LogP) is 2.99. The maximum atomic E-state index is 9.77. The molecule has 0 amide bonds. The third kappa shape index (κ3) is 2.49. The van der Waals surface area contributed by atoms with E-state index < -0.39 is 0 Å². The highest BCUT2D eigenvalue weighted by Gasteiger charge is 2.51. The summed E-state index contributed by atoms with van der Waals surface area (Å²) in [7, 11) is 1.74. The molecule has 1 aliphatic heterocycles. The topological polar surface area (TPSA) is 32.7 Å². The molecule has 3 aliphatic rings. The number of aliphatic hydroxyl groups excluding tert-OH is 1. The molecular formula is C20H29NO2. The van der Waals surface area contributed by atoms with Gasteiger partial charge in [-0.15, -0.1) is 0 Å². The number of nitrogens with zero attached hydrogens (tertiary/aromatic N) is 1. The molecule has 3 nitrogen and oxygen atoms in total. The number of piperidine rings is 1. The number of rotatable bonds is 5. The summed E-state index contributed by atoms with van der Waals surface area (Å²) >= 11 is 0. The standard InChI is InChI=1S/C20H29NO2/c1-14-19-11-16-5-6-17(23-2)12-18(16)20(14,8-10-22)7-9-21(19)13-15-3-4-15/h5-6,12,14-15,19,22H,3-4,7-11,13H2,1-2H3/t14-,19+,20-/m1/s1. The number of hydrogen-bond acceptors (Lipinski definition) is 3. The predicted molar refractivity (Wildman–Crippen MR) is 91.9 cm³/mol. The number of benzene rings is 1. The number of likely N-dealkylation sites (tertiary alicyclic amines) is 1. The third-order valence-corrected chi connectivity index (χ3v) is 6.79. The fourth-order valence-electron chi connectivity index (χ4n) is 5.20. The minimum absolute atomic E-state index is 0.127. The molecular weight excluding hydrogens is 286 g/mol. The molecule has 1 aromatic carbocycles. The molecule has 3 heteroatoms. The van der Waals surface area contributed by atoms with Crippen LogP contribution in [0.3, 0.4) is 0 Å². The van der Waals surface area contributed by atoms with Crippen LogP contribution >= 0.6 is 0 Å². The van der Waals surface area contributed by atoms with Crippen LogP contribution in [0.4, 0.5) is 0 Å². The van der Waals surface area contributed by atoms with E-state index in [2.05, 4.69) is 30.0 Å². The molecule has 4 rings (SSSR count). The Bertz CT molecular complexity index is 583. The first kappa shape index (κ1) is 15.5. The second-order valence-electron chi connectivity index (χ2n) is 7.90. The Kier molecular flexibility index (Phi) is 3.89. The van der Waals surface area contributed by atoms with Gasteiger partial charge >= 0.3 is 0 Å². The highest BCUT2D eigenvalue weighted by atomic mass is 16.5. The van der Waals surface area contributed by atoms with Crippen LogP contribution in [0.15, 0.2) is 18.2 Å². The smallest absolute Gasteiger partial charge is 0.119 e. The lowest BCUT2D eigenvalue weighted by Gasteiger charge is -2.56. The van der Waals surface area contributed by atoms with E-state index in [0.29, 0.717) is 12.0 Å². The van der Waals surface area contributed by atoms with Crippen molar-refractivity contribution in [2.24, 2.45) is 11.8 Å². The van der Waals surface area contributed by atoms with Gasteiger partial charge in [0.1, 0.15) is 5.75 Å². The van der Waals surface area contributed by atoms with Gasteiger partial charge in [-0.1, -0.05) is 13.0 Å². The zero-order valence-electron chi connectivity index (χ0n) is 14.4. The molecule has 1 N–H and O–H groups in total. The summed E-state index contributed by atoms with van der Waals surface area (Å²) in [5.74, 6) is 2.50. The van der Waals surface area contributed by atoms with Crippen LogP contribution in [0.25, 0.3) is 0 Å². The highest BCUT2D eigenvalue weighted by molar-refractivity contribution is 5.45. The highest BCUT2D eigenvalue weighted by Crippen LogP contribution is 2.52. The lowest BCUT2D eigenvalue weighted by molar-refractivity contribution is 0.00834. The van der Waals surface area contributed by atoms with Crippen LogP contribution in [0.5, 0.6) is 5.75 Å². The van der Waals surface area contributed by atoms with E-state index in [1.54, 1.807) is 7.11 Å². The van der Waals surface area contributed by atoms with E-state index >= 15 is 0 Å². The van der Waals surface area contributed by atoms with Gasteiger partial charge in [0.25, 0.3) is 0 Å². The van der Waals surface area contributed by atoms with Crippen LogP contribution in [0.1, 0.15) is 43.7 Å². The van der Waals surface area contributed by atoms with Crippen molar-refractivity contribution in [2.45, 2.75) is 50.5 Å². The van der Waals surface area contributed by atoms with Crippen LogP contribution in [0.2, 0.25) is 0 Å². The fourth-order valence-corrected chi connectivity index (χ4v) is 5.20. The average molecular weight is 315 g/mol. The Balaban J connectivity index is 1.73. The van der Waals surface area contributed by atoms with Crippen LogP contribution in [-0.4, -0.2) is 42.9 Å². The molecule has 0 unspecified atom stereocenters. The van der Waals surface area contributed by atoms with Crippen LogP contribution < -0.4 is 4.74 Å². The molecule has 1 saturated heterocycles. The lowest BCUT2D eigenvalue weighted by atomic mass is 9.56. The Hall–Kier alpha value is -1.06. The van der Waals surface area contributed by atoms with Gasteiger partial charge < -0.3 is 9.84 Å². The molecule has 23 heavy (non-hydrogen) atoms. The van der Waals surface area contributed by atoms with Crippen molar-refractivity contribution in [3.63, 3.8) is 0 Å². The summed E-state index contributed by atoms with van der Waals surface area (Å²) in [6.07, 6.45) is 6.04. The molecule has 0 spiro atoms. The van der Waals surface area contributed by atoms with E-state index in [9.17, 15) is 5.11 Å². The Morgan fingerprint density at radius 2 is 2.17 bits per heavy atom. The molecule has 126 valence electrons. The number of fused-ring (bicyclic) bond motifs is 4. The summed E-state index contributed by atoms with van der Waals surface area (Å²) in [4.78, 5) is 2.76. The van der Waals surface area contributed by atoms with Crippen molar-refractivity contribution in [1.29, 1.82) is 0 Å². The summed E-state index contributed by atoms with van der Waals surface area (Å²) in [5, 5.41) is 9.77. The summed E-state index contributed by atoms with van der Waals surface area (Å²) < 4.78 is 5.49. The van der Waals surface area contributed by atoms with Crippen molar-refractivity contribution < 1.29 is 9.84 Å². The second kappa shape index (κ2) is 5.78. The summed E-state index contributed by atoms with van der Waals surface area (Å²) in [6, 6.07) is 7.24. The molecule has 1 aromatic rings. The van der Waals surface area contributed by atoms with E-state index in [0.717, 1.165) is 30.9 Å². The average Bonchev–Trinajstić information content (AvgIpc) is 3.37. The maximum absolute atomic E-state index is 9.77. The number of aliphatic hydroxyl groups is 1. The van der Waals surface area contributed by atoms with E-state index in [1.807, 2.05) is 0 Å². The van der Waals surface area contributed by atoms with Crippen molar-refractivity contribution in [2.75, 3.05) is 26.8 Å². The first-order valence-corrected chi connectivity index (χ1v) is 9.20. The van der Waals surface area contributed by atoms with Gasteiger partial charge in [0.15, 0.2) is 0 Å². The Morgan fingerprint density at radius 1 is 1.35 bits per heavy atom. The maximum Gasteiger partial charge on any atom is 0.119 e. The van der Waals surface area contributed by atoms with Crippen molar-refractivity contribution in [3.05, 3.63) is 29.3 Å². The number of methoxy groups -OCH3 is 1. The molecule has 1 heterocycles. The quantitative estimate of drug-likeness (QED) is 0.907. The minimum Gasteiger partial charge on any atom is -0.497 e. The van der Waals surface area contributed by atoms with Crippen molar-refractivity contribution in [3.8, 4) is 5.75 Å². The normalized spacial score (nSPS) is 33.3. The van der Waals surface area contributed by atoms with Gasteiger partial charge in [0.2, 0.25) is 0 Å². The molecule has 2 fully saturated rings. The van der Waals surface area contributed by atoms with Gasteiger partial charge in [0, 0.05) is 24.6 Å². The first-order chi connectivity index (χ1) is 11.2. The van der Waals surface area contributed by atoms with Gasteiger partial charge in [-0.05, 0) is 73.7 Å². The van der Waals surface area contributed by atoms with Gasteiger partial charge in [-0.25, -0.2) is 0 Å². The van der Waals surface area contributed by atoms with Crippen LogP contribution in [-0.2, 0) is 11.8 Å². The van der Waals surface area contributed by atoms with E-state index in [-0.39, 0.29) is 12.0 Å². The number of ether oxygens (including phenoxy) is 1. The van der Waals surface area contributed by atoms with Crippen molar-refractivity contribution >= 4 is 0 Å². The third-order valence-electron chi connectivity index (χ3n) is 6.79. The molecule has 3 atom stereocenters. The molecule has 0 aromatic heterocycles. The van der Waals surface area contributed by atoms with E-state index in [1.165, 1.54) is 37.1 Å². The lowest BCUT2D eigenvalue weighted by Crippen LogP contribution is -2.59. The monoisotopic (exact) mass is 315 g/mol. The first-order valence-electron chi connectivity index (χ1n) is 9.20. The van der Waals surface area contributed by atoms with E-state index in [4.69, 9.17) is 4.74 Å². The second-order valence-corrected chi connectivity index (χ2v) is 7.90. The van der Waals surface area contributed by atoms with Gasteiger partial charge in [-0.2, -0.15) is 0 Å².